The molecule has 1 aromatic heterocycles. The van der Waals surface area contributed by atoms with E-state index in [9.17, 15) is 0 Å². The van der Waals surface area contributed by atoms with Crippen molar-refractivity contribution >= 4 is 11.8 Å². The monoisotopic (exact) mass is 261 g/mol. The van der Waals surface area contributed by atoms with E-state index in [0.29, 0.717) is 6.04 Å². The largest absolute Gasteiger partial charge is 0.311 e. The maximum Gasteiger partial charge on any atom is 0.0584 e. The Bertz CT molecular complexity index is 490. The standard InChI is InChI=1S/C14H19N3S/c1-11-4-6-12(7-5-11)18-10-13(15-2)14-8-9-16-17(14)3/h4-9,13,15H,10H2,1-3H3. The van der Waals surface area contributed by atoms with Crippen LogP contribution in [0.4, 0.5) is 0 Å². The summed E-state index contributed by atoms with van der Waals surface area (Å²) in [6.45, 7) is 2.11. The quantitative estimate of drug-likeness (QED) is 0.839. The molecule has 18 heavy (non-hydrogen) atoms. The molecule has 0 aliphatic heterocycles. The van der Waals surface area contributed by atoms with Crippen molar-refractivity contribution in [1.29, 1.82) is 0 Å². The lowest BCUT2D eigenvalue weighted by molar-refractivity contribution is 0.586. The Labute approximate surface area is 113 Å². The SMILES string of the molecule is CNC(CSc1ccc(C)cc1)c1ccnn1C. The van der Waals surface area contributed by atoms with Crippen molar-refractivity contribution in [2.45, 2.75) is 17.9 Å². The molecule has 4 heteroatoms. The predicted molar refractivity (Wildman–Crippen MR) is 76.9 cm³/mol. The Morgan fingerprint density at radius 3 is 2.56 bits per heavy atom. The van der Waals surface area contributed by atoms with Crippen LogP contribution in [-0.2, 0) is 7.05 Å². The molecule has 0 saturated carbocycles. The van der Waals surface area contributed by atoms with E-state index < -0.39 is 0 Å². The zero-order valence-electron chi connectivity index (χ0n) is 11.1. The van der Waals surface area contributed by atoms with E-state index >= 15 is 0 Å². The van der Waals surface area contributed by atoms with Crippen molar-refractivity contribution in [3.8, 4) is 0 Å². The van der Waals surface area contributed by atoms with Gasteiger partial charge in [-0.2, -0.15) is 5.10 Å². The molecule has 1 heterocycles. The van der Waals surface area contributed by atoms with Gasteiger partial charge in [-0.1, -0.05) is 17.7 Å². The van der Waals surface area contributed by atoms with Crippen molar-refractivity contribution in [2.75, 3.05) is 12.8 Å². The van der Waals surface area contributed by atoms with Crippen molar-refractivity contribution in [1.82, 2.24) is 15.1 Å². The number of aromatic nitrogens is 2. The summed E-state index contributed by atoms with van der Waals surface area (Å²) in [5.74, 6) is 0.999. The summed E-state index contributed by atoms with van der Waals surface area (Å²) in [4.78, 5) is 1.31. The Balaban J connectivity index is 2.00. The molecule has 0 fully saturated rings. The predicted octanol–water partition coefficient (Wildman–Crippen LogP) is 2.78. The Kier molecular flexibility index (Phi) is 4.44. The fourth-order valence-electron chi connectivity index (χ4n) is 1.86. The highest BCUT2D eigenvalue weighted by atomic mass is 32.2. The molecule has 1 aromatic carbocycles. The summed E-state index contributed by atoms with van der Waals surface area (Å²) in [5, 5.41) is 7.56. The van der Waals surface area contributed by atoms with Gasteiger partial charge in [0.15, 0.2) is 0 Å². The van der Waals surface area contributed by atoms with Crippen LogP contribution in [0, 0.1) is 6.92 Å². The van der Waals surface area contributed by atoms with Gasteiger partial charge in [-0.25, -0.2) is 0 Å². The van der Waals surface area contributed by atoms with Crippen LogP contribution in [0.5, 0.6) is 0 Å². The second kappa shape index (κ2) is 6.07. The second-order valence-corrected chi connectivity index (χ2v) is 5.44. The van der Waals surface area contributed by atoms with E-state index in [1.807, 2.05) is 36.7 Å². The highest BCUT2D eigenvalue weighted by molar-refractivity contribution is 7.99. The normalized spacial score (nSPS) is 12.6. The fourth-order valence-corrected chi connectivity index (χ4v) is 2.88. The minimum Gasteiger partial charge on any atom is -0.311 e. The van der Waals surface area contributed by atoms with E-state index in [0.717, 1.165) is 5.75 Å². The summed E-state index contributed by atoms with van der Waals surface area (Å²) in [6.07, 6.45) is 1.84. The van der Waals surface area contributed by atoms with E-state index in [1.54, 1.807) is 0 Å². The first kappa shape index (κ1) is 13.2. The van der Waals surface area contributed by atoms with Crippen molar-refractivity contribution in [2.24, 2.45) is 7.05 Å². The number of benzene rings is 1. The van der Waals surface area contributed by atoms with E-state index in [2.05, 4.69) is 47.7 Å². The van der Waals surface area contributed by atoms with Crippen LogP contribution in [0.25, 0.3) is 0 Å². The highest BCUT2D eigenvalue weighted by Gasteiger charge is 2.12. The molecule has 2 aromatic rings. The zero-order valence-corrected chi connectivity index (χ0v) is 11.9. The molecule has 0 aliphatic rings. The Hall–Kier alpha value is -1.26. The van der Waals surface area contributed by atoms with Crippen LogP contribution in [-0.4, -0.2) is 22.6 Å². The van der Waals surface area contributed by atoms with Gasteiger partial charge in [0.2, 0.25) is 0 Å². The first-order chi connectivity index (χ1) is 8.70. The molecule has 0 amide bonds. The van der Waals surface area contributed by atoms with Gasteiger partial charge in [0.1, 0.15) is 0 Å². The van der Waals surface area contributed by atoms with Crippen molar-refractivity contribution in [3.63, 3.8) is 0 Å². The molecular weight excluding hydrogens is 242 g/mol. The molecule has 0 radical (unpaired) electrons. The van der Waals surface area contributed by atoms with Gasteiger partial charge in [0.05, 0.1) is 11.7 Å². The molecule has 1 unspecified atom stereocenters. The fraction of sp³-hybridized carbons (Fsp3) is 0.357. The summed E-state index contributed by atoms with van der Waals surface area (Å²) in [7, 11) is 3.98. The summed E-state index contributed by atoms with van der Waals surface area (Å²) < 4.78 is 1.93. The maximum atomic E-state index is 4.22. The molecule has 0 aliphatic carbocycles. The number of thioether (sulfide) groups is 1. The molecule has 1 atom stereocenters. The van der Waals surface area contributed by atoms with Crippen molar-refractivity contribution < 1.29 is 0 Å². The highest BCUT2D eigenvalue weighted by Crippen LogP contribution is 2.24. The summed E-state index contributed by atoms with van der Waals surface area (Å²) in [5.41, 5.74) is 2.52. The average Bonchev–Trinajstić information content (AvgIpc) is 2.79. The van der Waals surface area contributed by atoms with E-state index in [1.165, 1.54) is 16.2 Å². The van der Waals surface area contributed by atoms with Gasteiger partial charge < -0.3 is 5.32 Å². The van der Waals surface area contributed by atoms with Gasteiger partial charge in [0.25, 0.3) is 0 Å². The molecule has 0 spiro atoms. The van der Waals surface area contributed by atoms with E-state index in [4.69, 9.17) is 0 Å². The number of nitrogens with zero attached hydrogens (tertiary/aromatic N) is 2. The first-order valence-electron chi connectivity index (χ1n) is 6.05. The van der Waals surface area contributed by atoms with Crippen LogP contribution < -0.4 is 5.32 Å². The third kappa shape index (κ3) is 3.15. The van der Waals surface area contributed by atoms with E-state index in [-0.39, 0.29) is 0 Å². The third-order valence-corrected chi connectivity index (χ3v) is 4.11. The number of nitrogens with one attached hydrogen (secondary N) is 1. The lowest BCUT2D eigenvalue weighted by Gasteiger charge is -2.16. The number of hydrogen-bond acceptors (Lipinski definition) is 3. The minimum atomic E-state index is 0.323. The first-order valence-corrected chi connectivity index (χ1v) is 7.04. The average molecular weight is 261 g/mol. The number of hydrogen-bond donors (Lipinski definition) is 1. The topological polar surface area (TPSA) is 29.9 Å². The van der Waals surface area contributed by atoms with Gasteiger partial charge in [-0.3, -0.25) is 4.68 Å². The minimum absolute atomic E-state index is 0.323. The van der Waals surface area contributed by atoms with Crippen LogP contribution in [0.3, 0.4) is 0 Å². The zero-order chi connectivity index (χ0) is 13.0. The summed E-state index contributed by atoms with van der Waals surface area (Å²) in [6, 6.07) is 11.0. The van der Waals surface area contributed by atoms with Crippen molar-refractivity contribution in [3.05, 3.63) is 47.8 Å². The van der Waals surface area contributed by atoms with Crippen LogP contribution in [0.2, 0.25) is 0 Å². The summed E-state index contributed by atoms with van der Waals surface area (Å²) >= 11 is 1.87. The molecule has 96 valence electrons. The van der Waals surface area contributed by atoms with Gasteiger partial charge in [-0.05, 0) is 32.2 Å². The van der Waals surface area contributed by atoms with Crippen LogP contribution in [0.15, 0.2) is 41.4 Å². The van der Waals surface area contributed by atoms with Gasteiger partial charge in [-0.15, -0.1) is 11.8 Å². The van der Waals surface area contributed by atoms with Gasteiger partial charge >= 0.3 is 0 Å². The second-order valence-electron chi connectivity index (χ2n) is 4.34. The lowest BCUT2D eigenvalue weighted by Crippen LogP contribution is -2.21. The van der Waals surface area contributed by atoms with Crippen LogP contribution in [0.1, 0.15) is 17.3 Å². The lowest BCUT2D eigenvalue weighted by atomic mass is 10.2. The molecule has 0 bridgehead atoms. The number of rotatable bonds is 5. The van der Waals surface area contributed by atoms with Crippen LogP contribution >= 0.6 is 11.8 Å². The molecule has 2 rings (SSSR count). The maximum absolute atomic E-state index is 4.22. The third-order valence-electron chi connectivity index (χ3n) is 3.00. The Morgan fingerprint density at radius 1 is 1.28 bits per heavy atom. The molecule has 3 nitrogen and oxygen atoms in total. The Morgan fingerprint density at radius 2 is 2.00 bits per heavy atom. The molecular formula is C14H19N3S. The number of aryl methyl sites for hydroxylation is 2. The smallest absolute Gasteiger partial charge is 0.0584 e. The molecule has 1 N–H and O–H groups in total. The van der Waals surface area contributed by atoms with Gasteiger partial charge in [0, 0.05) is 23.9 Å². The molecule has 0 saturated heterocycles.